The van der Waals surface area contributed by atoms with E-state index in [0.717, 1.165) is 64.4 Å². The Labute approximate surface area is 181 Å². The van der Waals surface area contributed by atoms with Crippen LogP contribution in [0, 0.1) is 0 Å². The molecule has 158 valence electrons. The molecule has 0 aliphatic heterocycles. The second kappa shape index (κ2) is 11.1. The number of hydrogen-bond donors (Lipinski definition) is 1. The lowest BCUT2D eigenvalue weighted by atomic mass is 9.99. The zero-order valence-electron chi connectivity index (χ0n) is 19.0. The smallest absolute Gasteiger partial charge is 0.134 e. The van der Waals surface area contributed by atoms with E-state index in [1.165, 1.54) is 0 Å². The van der Waals surface area contributed by atoms with Gasteiger partial charge < -0.3 is 10.2 Å². The topological polar surface area (TPSA) is 40.5 Å². The number of aromatic nitrogens is 1. The molecule has 0 saturated carbocycles. The molecular weight excluding hydrogens is 368 g/mol. The Morgan fingerprint density at radius 2 is 2.00 bits per heavy atom. The zero-order chi connectivity index (χ0) is 22.1. The van der Waals surface area contributed by atoms with Crippen LogP contribution in [0.1, 0.15) is 37.8 Å². The summed E-state index contributed by atoms with van der Waals surface area (Å²) >= 11 is 0. The number of anilines is 1. The summed E-state index contributed by atoms with van der Waals surface area (Å²) in [5.74, 6) is 0.876. The molecule has 30 heavy (non-hydrogen) atoms. The van der Waals surface area contributed by atoms with Crippen molar-refractivity contribution in [2.24, 2.45) is 4.99 Å². The number of aliphatic imine (C=N–C) groups is 1. The molecule has 2 aromatic rings. The summed E-state index contributed by atoms with van der Waals surface area (Å²) in [7, 11) is 5.84. The first kappa shape index (κ1) is 23.1. The van der Waals surface area contributed by atoms with Crippen LogP contribution in [0.3, 0.4) is 0 Å². The predicted octanol–water partition coefficient (Wildman–Crippen LogP) is 6.15. The van der Waals surface area contributed by atoms with Gasteiger partial charge in [-0.2, -0.15) is 0 Å². The number of nitrogens with one attached hydrogen (secondary N) is 1. The van der Waals surface area contributed by atoms with Gasteiger partial charge in [-0.05, 0) is 48.3 Å². The highest BCUT2D eigenvalue weighted by atomic mass is 15.0. The molecule has 0 atom stereocenters. The molecule has 0 aliphatic rings. The standard InChI is InChI=1S/C26H34N4/c1-8-15-28-26-24(19(3)16-20(4)27-5)13-14-25(29-26)23-12-10-11-22(17-23)21(9-2)18-30(6)7/h9-14,17-18H,2-3,8,15-16H2,1,4-7H3,(H,28,29)/b21-18+,27-20?. The van der Waals surface area contributed by atoms with E-state index in [0.29, 0.717) is 0 Å². The van der Waals surface area contributed by atoms with Crippen LogP contribution >= 0.6 is 0 Å². The minimum Gasteiger partial charge on any atom is -0.383 e. The molecule has 0 unspecified atom stereocenters. The first-order chi connectivity index (χ1) is 14.4. The van der Waals surface area contributed by atoms with Crippen molar-refractivity contribution in [3.8, 4) is 11.3 Å². The maximum Gasteiger partial charge on any atom is 0.134 e. The van der Waals surface area contributed by atoms with Gasteiger partial charge in [0.15, 0.2) is 0 Å². The fourth-order valence-electron chi connectivity index (χ4n) is 3.15. The molecule has 0 radical (unpaired) electrons. The number of allylic oxidation sites excluding steroid dienone is 3. The van der Waals surface area contributed by atoms with Crippen LogP contribution in [0.4, 0.5) is 5.82 Å². The van der Waals surface area contributed by atoms with Gasteiger partial charge in [0.25, 0.3) is 0 Å². The molecule has 0 saturated heterocycles. The van der Waals surface area contributed by atoms with Crippen LogP contribution in [0.15, 0.2) is 66.8 Å². The summed E-state index contributed by atoms with van der Waals surface area (Å²) in [6.07, 6.45) is 5.72. The quantitative estimate of drug-likeness (QED) is 0.382. The van der Waals surface area contributed by atoms with E-state index in [-0.39, 0.29) is 0 Å². The maximum absolute atomic E-state index is 4.95. The number of benzene rings is 1. The normalized spacial score (nSPS) is 11.9. The Balaban J connectivity index is 2.46. The summed E-state index contributed by atoms with van der Waals surface area (Å²) in [6, 6.07) is 12.6. The third kappa shape index (κ3) is 6.18. The maximum atomic E-state index is 4.95. The van der Waals surface area contributed by atoms with Crippen molar-refractivity contribution in [3.63, 3.8) is 0 Å². The average Bonchev–Trinajstić information content (AvgIpc) is 2.75. The van der Waals surface area contributed by atoms with Crippen molar-refractivity contribution in [2.45, 2.75) is 26.7 Å². The van der Waals surface area contributed by atoms with E-state index < -0.39 is 0 Å². The lowest BCUT2D eigenvalue weighted by molar-refractivity contribution is 0.566. The van der Waals surface area contributed by atoms with Gasteiger partial charge in [-0.3, -0.25) is 4.99 Å². The molecule has 4 heteroatoms. The molecular formula is C26H34N4. The highest BCUT2D eigenvalue weighted by Crippen LogP contribution is 2.29. The molecule has 0 aliphatic carbocycles. The number of nitrogens with zero attached hydrogens (tertiary/aromatic N) is 3. The van der Waals surface area contributed by atoms with Gasteiger partial charge >= 0.3 is 0 Å². The lowest BCUT2D eigenvalue weighted by Gasteiger charge is -2.15. The summed E-state index contributed by atoms with van der Waals surface area (Å²) in [5.41, 5.74) is 7.32. The number of hydrogen-bond acceptors (Lipinski definition) is 4. The monoisotopic (exact) mass is 402 g/mol. The van der Waals surface area contributed by atoms with E-state index in [2.05, 4.69) is 73.0 Å². The number of rotatable bonds is 10. The molecule has 0 amide bonds. The molecule has 1 aromatic carbocycles. The summed E-state index contributed by atoms with van der Waals surface area (Å²) < 4.78 is 0. The van der Waals surface area contributed by atoms with Gasteiger partial charge in [-0.15, -0.1) is 0 Å². The number of pyridine rings is 1. The van der Waals surface area contributed by atoms with Gasteiger partial charge in [0, 0.05) is 57.1 Å². The van der Waals surface area contributed by atoms with Crippen LogP contribution in [0.25, 0.3) is 22.4 Å². The molecule has 0 bridgehead atoms. The van der Waals surface area contributed by atoms with Crippen molar-refractivity contribution in [1.29, 1.82) is 0 Å². The van der Waals surface area contributed by atoms with E-state index in [1.807, 2.05) is 39.0 Å². The molecule has 0 spiro atoms. The molecule has 4 nitrogen and oxygen atoms in total. The van der Waals surface area contributed by atoms with Crippen molar-refractivity contribution in [3.05, 3.63) is 73.0 Å². The SMILES string of the molecule is C=C/C(=C\N(C)C)c1cccc(-c2ccc(C(=C)CC(C)=NC)c(NCCC)n2)c1. The summed E-state index contributed by atoms with van der Waals surface area (Å²) in [5, 5.41) is 3.47. The van der Waals surface area contributed by atoms with Crippen molar-refractivity contribution < 1.29 is 0 Å². The van der Waals surface area contributed by atoms with Gasteiger partial charge in [-0.1, -0.05) is 44.4 Å². The molecule has 0 fully saturated rings. The molecule has 2 rings (SSSR count). The van der Waals surface area contributed by atoms with Crippen LogP contribution < -0.4 is 5.32 Å². The highest BCUT2D eigenvalue weighted by molar-refractivity contribution is 5.93. The van der Waals surface area contributed by atoms with Gasteiger partial charge in [0.1, 0.15) is 5.82 Å². The van der Waals surface area contributed by atoms with Gasteiger partial charge in [-0.25, -0.2) is 4.98 Å². The van der Waals surface area contributed by atoms with Crippen molar-refractivity contribution in [1.82, 2.24) is 9.88 Å². The average molecular weight is 403 g/mol. The predicted molar refractivity (Wildman–Crippen MR) is 133 cm³/mol. The molecule has 1 aromatic heterocycles. The van der Waals surface area contributed by atoms with Crippen LogP contribution in [0.5, 0.6) is 0 Å². The fourth-order valence-corrected chi connectivity index (χ4v) is 3.15. The Hall–Kier alpha value is -3.14. The lowest BCUT2D eigenvalue weighted by Crippen LogP contribution is -2.07. The largest absolute Gasteiger partial charge is 0.383 e. The van der Waals surface area contributed by atoms with Crippen LogP contribution in [0.2, 0.25) is 0 Å². The third-order valence-corrected chi connectivity index (χ3v) is 4.78. The van der Waals surface area contributed by atoms with Crippen LogP contribution in [-0.4, -0.2) is 43.3 Å². The molecule has 1 heterocycles. The van der Waals surface area contributed by atoms with Crippen LogP contribution in [-0.2, 0) is 0 Å². The van der Waals surface area contributed by atoms with E-state index in [1.54, 1.807) is 0 Å². The van der Waals surface area contributed by atoms with Gasteiger partial charge in [0.2, 0.25) is 0 Å². The fraction of sp³-hybridized carbons (Fsp3) is 0.308. The second-order valence-corrected chi connectivity index (χ2v) is 7.59. The van der Waals surface area contributed by atoms with E-state index in [4.69, 9.17) is 4.98 Å². The Morgan fingerprint density at radius 1 is 1.23 bits per heavy atom. The summed E-state index contributed by atoms with van der Waals surface area (Å²) in [4.78, 5) is 11.2. The third-order valence-electron chi connectivity index (χ3n) is 4.78. The molecule has 1 N–H and O–H groups in total. The highest BCUT2D eigenvalue weighted by Gasteiger charge is 2.12. The van der Waals surface area contributed by atoms with Crippen molar-refractivity contribution >= 4 is 22.7 Å². The minimum atomic E-state index is 0.742. The van der Waals surface area contributed by atoms with Gasteiger partial charge in [0.05, 0.1) is 5.69 Å². The van der Waals surface area contributed by atoms with Crippen molar-refractivity contribution in [2.75, 3.05) is 33.0 Å². The zero-order valence-corrected chi connectivity index (χ0v) is 19.0. The van der Waals surface area contributed by atoms with E-state index >= 15 is 0 Å². The van der Waals surface area contributed by atoms with E-state index in [9.17, 15) is 0 Å². The Kier molecular flexibility index (Phi) is 8.60. The first-order valence-electron chi connectivity index (χ1n) is 10.4. The second-order valence-electron chi connectivity index (χ2n) is 7.59. The Bertz CT molecular complexity index is 951. The Morgan fingerprint density at radius 3 is 2.63 bits per heavy atom. The summed E-state index contributed by atoms with van der Waals surface area (Å²) in [6.45, 7) is 13.3. The minimum absolute atomic E-state index is 0.742. The first-order valence-corrected chi connectivity index (χ1v) is 10.4.